The maximum absolute atomic E-state index is 4.57. The number of aromatic nitrogens is 1. The molecule has 0 aliphatic rings. The van der Waals surface area contributed by atoms with Gasteiger partial charge in [0.2, 0.25) is 0 Å². The zero-order valence-electron chi connectivity index (χ0n) is 11.3. The Kier molecular flexibility index (Phi) is 7.16. The molecule has 1 aromatic heterocycles. The average molecular weight is 272 g/mol. The third-order valence-corrected chi connectivity index (χ3v) is 4.68. The number of hydrogen-bond acceptors (Lipinski definition) is 4. The fourth-order valence-corrected chi connectivity index (χ4v) is 3.46. The van der Waals surface area contributed by atoms with Crippen LogP contribution in [0.2, 0.25) is 0 Å². The first-order chi connectivity index (χ1) is 8.17. The first kappa shape index (κ1) is 15.0. The summed E-state index contributed by atoms with van der Waals surface area (Å²) in [5.74, 6) is 1.91. The second kappa shape index (κ2) is 8.11. The highest BCUT2D eigenvalue weighted by atomic mass is 32.2. The van der Waals surface area contributed by atoms with Crippen molar-refractivity contribution in [1.29, 1.82) is 0 Å². The first-order valence-electron chi connectivity index (χ1n) is 6.30. The Labute approximate surface area is 114 Å². The zero-order chi connectivity index (χ0) is 12.7. The highest BCUT2D eigenvalue weighted by Crippen LogP contribution is 2.17. The van der Waals surface area contributed by atoms with E-state index in [-0.39, 0.29) is 0 Å². The van der Waals surface area contributed by atoms with Crippen LogP contribution in [0.4, 0.5) is 0 Å². The Bertz CT molecular complexity index is 312. The lowest BCUT2D eigenvalue weighted by Gasteiger charge is -2.24. The molecule has 4 heteroatoms. The van der Waals surface area contributed by atoms with Crippen molar-refractivity contribution in [1.82, 2.24) is 10.3 Å². The number of thioether (sulfide) groups is 1. The van der Waals surface area contributed by atoms with Crippen LogP contribution in [0, 0.1) is 12.8 Å². The molecule has 17 heavy (non-hydrogen) atoms. The minimum Gasteiger partial charge on any atom is -0.313 e. The van der Waals surface area contributed by atoms with E-state index in [4.69, 9.17) is 0 Å². The van der Waals surface area contributed by atoms with E-state index < -0.39 is 0 Å². The molecule has 1 N–H and O–H groups in total. The molecule has 0 spiro atoms. The number of nitrogens with zero attached hydrogens (tertiary/aromatic N) is 1. The quantitative estimate of drug-likeness (QED) is 0.785. The van der Waals surface area contributed by atoms with Crippen LogP contribution in [0.5, 0.6) is 0 Å². The van der Waals surface area contributed by atoms with Crippen molar-refractivity contribution in [3.8, 4) is 0 Å². The SMILES string of the molecule is CCCNC(Cc1nc(C)cs1)C(C)CSC. The fraction of sp³-hybridized carbons (Fsp3) is 0.769. The molecule has 0 radical (unpaired) electrons. The first-order valence-corrected chi connectivity index (χ1v) is 8.58. The molecule has 1 aromatic rings. The summed E-state index contributed by atoms with van der Waals surface area (Å²) in [5.41, 5.74) is 1.15. The molecule has 1 heterocycles. The summed E-state index contributed by atoms with van der Waals surface area (Å²) < 4.78 is 0. The lowest BCUT2D eigenvalue weighted by atomic mass is 10.0. The number of aryl methyl sites for hydroxylation is 1. The zero-order valence-corrected chi connectivity index (χ0v) is 13.0. The molecule has 0 saturated carbocycles. The van der Waals surface area contributed by atoms with Crippen LogP contribution in [0.1, 0.15) is 31.0 Å². The highest BCUT2D eigenvalue weighted by molar-refractivity contribution is 7.98. The molecular formula is C13H24N2S2. The molecule has 0 aliphatic heterocycles. The number of thiazole rings is 1. The number of nitrogens with one attached hydrogen (secondary N) is 1. The monoisotopic (exact) mass is 272 g/mol. The third kappa shape index (κ3) is 5.40. The molecule has 2 nitrogen and oxygen atoms in total. The summed E-state index contributed by atoms with van der Waals surface area (Å²) in [7, 11) is 0. The average Bonchev–Trinajstić information content (AvgIpc) is 2.70. The normalized spacial score (nSPS) is 14.8. The van der Waals surface area contributed by atoms with Crippen LogP contribution in [-0.2, 0) is 6.42 Å². The van der Waals surface area contributed by atoms with Crippen LogP contribution in [0.3, 0.4) is 0 Å². The number of rotatable bonds is 8. The summed E-state index contributed by atoms with van der Waals surface area (Å²) in [6.07, 6.45) is 4.44. The van der Waals surface area contributed by atoms with Crippen LogP contribution in [0.25, 0.3) is 0 Å². The second-order valence-electron chi connectivity index (χ2n) is 4.58. The lowest BCUT2D eigenvalue weighted by Crippen LogP contribution is -2.38. The summed E-state index contributed by atoms with van der Waals surface area (Å²) in [4.78, 5) is 4.57. The van der Waals surface area contributed by atoms with Crippen molar-refractivity contribution < 1.29 is 0 Å². The predicted molar refractivity (Wildman–Crippen MR) is 80.2 cm³/mol. The maximum Gasteiger partial charge on any atom is 0.0943 e. The molecule has 0 amide bonds. The topological polar surface area (TPSA) is 24.9 Å². The van der Waals surface area contributed by atoms with E-state index in [0.717, 1.165) is 18.7 Å². The van der Waals surface area contributed by atoms with Gasteiger partial charge < -0.3 is 5.32 Å². The van der Waals surface area contributed by atoms with Gasteiger partial charge in [-0.3, -0.25) is 0 Å². The van der Waals surface area contributed by atoms with Crippen molar-refractivity contribution >= 4 is 23.1 Å². The van der Waals surface area contributed by atoms with Gasteiger partial charge in [0.25, 0.3) is 0 Å². The van der Waals surface area contributed by atoms with Crippen LogP contribution < -0.4 is 5.32 Å². The fourth-order valence-electron chi connectivity index (χ4n) is 1.87. The van der Waals surface area contributed by atoms with Gasteiger partial charge in [0.1, 0.15) is 0 Å². The van der Waals surface area contributed by atoms with Gasteiger partial charge in [0, 0.05) is 23.5 Å². The minimum absolute atomic E-state index is 0.563. The molecule has 0 saturated heterocycles. The van der Waals surface area contributed by atoms with E-state index in [1.807, 2.05) is 11.8 Å². The molecule has 0 aliphatic carbocycles. The van der Waals surface area contributed by atoms with Gasteiger partial charge in [-0.1, -0.05) is 13.8 Å². The van der Waals surface area contributed by atoms with E-state index in [1.165, 1.54) is 17.2 Å². The Morgan fingerprint density at radius 3 is 2.82 bits per heavy atom. The molecule has 1 rings (SSSR count). The minimum atomic E-state index is 0.563. The molecule has 0 bridgehead atoms. The Morgan fingerprint density at radius 1 is 1.53 bits per heavy atom. The molecular weight excluding hydrogens is 248 g/mol. The largest absolute Gasteiger partial charge is 0.313 e. The van der Waals surface area contributed by atoms with Crippen LogP contribution >= 0.6 is 23.1 Å². The molecule has 0 fully saturated rings. The summed E-state index contributed by atoms with van der Waals surface area (Å²) in [6.45, 7) is 7.73. The second-order valence-corrected chi connectivity index (χ2v) is 6.43. The molecule has 2 unspecified atom stereocenters. The maximum atomic E-state index is 4.57. The smallest absolute Gasteiger partial charge is 0.0943 e. The summed E-state index contributed by atoms with van der Waals surface area (Å²) in [6, 6.07) is 0.563. The van der Waals surface area contributed by atoms with E-state index in [1.54, 1.807) is 11.3 Å². The van der Waals surface area contributed by atoms with Crippen molar-refractivity contribution in [2.75, 3.05) is 18.6 Å². The van der Waals surface area contributed by atoms with Gasteiger partial charge in [-0.05, 0) is 37.8 Å². The molecule has 0 aromatic carbocycles. The predicted octanol–water partition coefficient (Wildman–Crippen LogP) is 3.36. The Balaban J connectivity index is 2.55. The third-order valence-electron chi connectivity index (χ3n) is 2.83. The van der Waals surface area contributed by atoms with E-state index in [0.29, 0.717) is 12.0 Å². The van der Waals surface area contributed by atoms with Crippen molar-refractivity contribution in [3.05, 3.63) is 16.1 Å². The van der Waals surface area contributed by atoms with Gasteiger partial charge in [-0.25, -0.2) is 4.98 Å². The highest BCUT2D eigenvalue weighted by Gasteiger charge is 2.18. The van der Waals surface area contributed by atoms with Crippen molar-refractivity contribution in [2.45, 2.75) is 39.7 Å². The van der Waals surface area contributed by atoms with E-state index >= 15 is 0 Å². The van der Waals surface area contributed by atoms with Gasteiger partial charge in [-0.15, -0.1) is 11.3 Å². The summed E-state index contributed by atoms with van der Waals surface area (Å²) in [5, 5.41) is 7.08. The summed E-state index contributed by atoms with van der Waals surface area (Å²) >= 11 is 3.72. The standard InChI is InChI=1S/C13H24N2S2/c1-5-6-14-12(10(2)8-16-4)7-13-15-11(3)9-17-13/h9-10,12,14H,5-8H2,1-4H3. The molecule has 98 valence electrons. The van der Waals surface area contributed by atoms with Crippen LogP contribution in [0.15, 0.2) is 5.38 Å². The van der Waals surface area contributed by atoms with E-state index in [2.05, 4.69) is 42.7 Å². The van der Waals surface area contributed by atoms with E-state index in [9.17, 15) is 0 Å². The van der Waals surface area contributed by atoms with Crippen molar-refractivity contribution in [2.24, 2.45) is 5.92 Å². The van der Waals surface area contributed by atoms with Gasteiger partial charge in [-0.2, -0.15) is 11.8 Å². The Hall–Kier alpha value is -0.0600. The number of hydrogen-bond donors (Lipinski definition) is 1. The van der Waals surface area contributed by atoms with Crippen molar-refractivity contribution in [3.63, 3.8) is 0 Å². The van der Waals surface area contributed by atoms with Gasteiger partial charge >= 0.3 is 0 Å². The van der Waals surface area contributed by atoms with Crippen LogP contribution in [-0.4, -0.2) is 29.6 Å². The van der Waals surface area contributed by atoms with Gasteiger partial charge in [0.15, 0.2) is 0 Å². The molecule has 2 atom stereocenters. The lowest BCUT2D eigenvalue weighted by molar-refractivity contribution is 0.402. The van der Waals surface area contributed by atoms with Gasteiger partial charge in [0.05, 0.1) is 5.01 Å². The Morgan fingerprint density at radius 2 is 2.29 bits per heavy atom.